The van der Waals surface area contributed by atoms with E-state index in [-0.39, 0.29) is 12.4 Å². The molecule has 17 heavy (non-hydrogen) atoms. The minimum atomic E-state index is 0. The maximum atomic E-state index is 6.10. The molecule has 0 spiro atoms. The third-order valence-electron chi connectivity index (χ3n) is 2.35. The summed E-state index contributed by atoms with van der Waals surface area (Å²) in [7, 11) is 0. The van der Waals surface area contributed by atoms with Crippen LogP contribution in [-0.4, -0.2) is 6.54 Å². The van der Waals surface area contributed by atoms with Gasteiger partial charge < -0.3 is 22.1 Å². The highest BCUT2D eigenvalue weighted by molar-refractivity contribution is 6.33. The molecule has 0 aliphatic rings. The first kappa shape index (κ1) is 14.1. The van der Waals surface area contributed by atoms with Gasteiger partial charge >= 0.3 is 0 Å². The molecule has 92 valence electrons. The predicted molar refractivity (Wildman–Crippen MR) is 66.5 cm³/mol. The monoisotopic (exact) mass is 270 g/mol. The van der Waals surface area contributed by atoms with Crippen molar-refractivity contribution in [2.75, 3.05) is 6.54 Å². The number of rotatable bonds is 4. The fourth-order valence-corrected chi connectivity index (χ4v) is 1.76. The zero-order chi connectivity index (χ0) is 11.4. The number of halogens is 2. The van der Waals surface area contributed by atoms with Crippen LogP contribution in [0, 0.1) is 0 Å². The van der Waals surface area contributed by atoms with Gasteiger partial charge in [0.05, 0.1) is 11.6 Å². The molecule has 2 rings (SSSR count). The molecule has 0 atom stereocenters. The van der Waals surface area contributed by atoms with Crippen LogP contribution in [0.15, 0.2) is 40.8 Å². The van der Waals surface area contributed by atoms with Gasteiger partial charge in [0, 0.05) is 5.56 Å². The van der Waals surface area contributed by atoms with Crippen LogP contribution in [0.3, 0.4) is 0 Å². The van der Waals surface area contributed by atoms with Gasteiger partial charge in [0.25, 0.3) is 0 Å². The summed E-state index contributed by atoms with van der Waals surface area (Å²) in [6.07, 6.45) is 0. The summed E-state index contributed by atoms with van der Waals surface area (Å²) in [5.41, 5.74) is 0.937. The summed E-state index contributed by atoms with van der Waals surface area (Å²) in [6.45, 7) is 3.75. The van der Waals surface area contributed by atoms with E-state index in [4.69, 9.17) is 16.0 Å². The molecular formula is C13H14Cl2NO-. The quantitative estimate of drug-likeness (QED) is 0.886. The predicted octanol–water partition coefficient (Wildman–Crippen LogP) is 0.714. The molecule has 1 aromatic carbocycles. The van der Waals surface area contributed by atoms with Crippen LogP contribution in [-0.2, 0) is 6.54 Å². The molecule has 0 saturated heterocycles. The molecule has 4 heteroatoms. The Hall–Kier alpha value is -0.960. The molecule has 1 heterocycles. The second-order valence-electron chi connectivity index (χ2n) is 3.53. The highest BCUT2D eigenvalue weighted by Crippen LogP contribution is 2.28. The Bertz CT molecular complexity index is 468. The summed E-state index contributed by atoms with van der Waals surface area (Å²) in [5, 5.41) is 3.93. The normalized spacial score (nSPS) is 10.0. The Balaban J connectivity index is 0.00000144. The van der Waals surface area contributed by atoms with Crippen molar-refractivity contribution in [3.05, 3.63) is 47.2 Å². The van der Waals surface area contributed by atoms with Gasteiger partial charge in [-0.25, -0.2) is 0 Å². The van der Waals surface area contributed by atoms with E-state index >= 15 is 0 Å². The molecule has 1 aromatic heterocycles. The van der Waals surface area contributed by atoms with Gasteiger partial charge in [0.15, 0.2) is 0 Å². The van der Waals surface area contributed by atoms with E-state index in [1.54, 1.807) is 0 Å². The van der Waals surface area contributed by atoms with Gasteiger partial charge in [-0.2, -0.15) is 0 Å². The molecule has 0 saturated carbocycles. The van der Waals surface area contributed by atoms with E-state index in [0.717, 1.165) is 30.2 Å². The lowest BCUT2D eigenvalue weighted by Gasteiger charge is -2.00. The fraction of sp³-hybridized carbons (Fsp3) is 0.231. The van der Waals surface area contributed by atoms with Crippen molar-refractivity contribution in [1.82, 2.24) is 5.32 Å². The van der Waals surface area contributed by atoms with E-state index < -0.39 is 0 Å². The molecule has 0 aliphatic heterocycles. The Morgan fingerprint density at radius 3 is 2.65 bits per heavy atom. The van der Waals surface area contributed by atoms with Crippen molar-refractivity contribution in [3.63, 3.8) is 0 Å². The smallest absolute Gasteiger partial charge is 0.135 e. The van der Waals surface area contributed by atoms with Crippen molar-refractivity contribution < 1.29 is 16.8 Å². The van der Waals surface area contributed by atoms with Gasteiger partial charge in [-0.15, -0.1) is 0 Å². The summed E-state index contributed by atoms with van der Waals surface area (Å²) >= 11 is 6.10. The Morgan fingerprint density at radius 1 is 1.18 bits per heavy atom. The average molecular weight is 271 g/mol. The van der Waals surface area contributed by atoms with Crippen LogP contribution in [0.1, 0.15) is 12.7 Å². The summed E-state index contributed by atoms with van der Waals surface area (Å²) in [5.74, 6) is 1.75. The van der Waals surface area contributed by atoms with E-state index in [1.165, 1.54) is 0 Å². The third kappa shape index (κ3) is 3.50. The van der Waals surface area contributed by atoms with Crippen LogP contribution >= 0.6 is 11.6 Å². The van der Waals surface area contributed by atoms with Crippen LogP contribution in [0.5, 0.6) is 0 Å². The molecule has 0 unspecified atom stereocenters. The van der Waals surface area contributed by atoms with E-state index in [0.29, 0.717) is 5.02 Å². The lowest BCUT2D eigenvalue weighted by Crippen LogP contribution is -3.00. The SMILES string of the molecule is CCNCc1ccc(-c2ccccc2Cl)o1.[Cl-]. The van der Waals surface area contributed by atoms with Crippen LogP contribution in [0.4, 0.5) is 0 Å². The first-order valence-corrected chi connectivity index (χ1v) is 5.73. The number of hydrogen-bond donors (Lipinski definition) is 1. The number of hydrogen-bond acceptors (Lipinski definition) is 2. The first-order valence-electron chi connectivity index (χ1n) is 5.35. The van der Waals surface area contributed by atoms with Gasteiger partial charge in [-0.3, -0.25) is 0 Å². The second kappa shape index (κ2) is 6.70. The molecule has 2 aromatic rings. The lowest BCUT2D eigenvalue weighted by atomic mass is 10.2. The van der Waals surface area contributed by atoms with Crippen molar-refractivity contribution in [2.24, 2.45) is 0 Å². The van der Waals surface area contributed by atoms with Crippen molar-refractivity contribution in [1.29, 1.82) is 0 Å². The topological polar surface area (TPSA) is 25.2 Å². The largest absolute Gasteiger partial charge is 1.00 e. The number of furan rings is 1. The average Bonchev–Trinajstić information content (AvgIpc) is 2.75. The first-order chi connectivity index (χ1) is 7.81. The second-order valence-corrected chi connectivity index (χ2v) is 3.93. The van der Waals surface area contributed by atoms with Crippen LogP contribution in [0.25, 0.3) is 11.3 Å². The molecule has 0 fully saturated rings. The molecule has 0 aliphatic carbocycles. The lowest BCUT2D eigenvalue weighted by molar-refractivity contribution is -0.00000377. The van der Waals surface area contributed by atoms with Gasteiger partial charge in [0.1, 0.15) is 11.5 Å². The summed E-state index contributed by atoms with van der Waals surface area (Å²) in [4.78, 5) is 0. The highest BCUT2D eigenvalue weighted by atomic mass is 35.5. The maximum absolute atomic E-state index is 6.10. The van der Waals surface area contributed by atoms with Crippen molar-refractivity contribution in [2.45, 2.75) is 13.5 Å². The zero-order valence-corrected chi connectivity index (χ0v) is 11.1. The summed E-state index contributed by atoms with van der Waals surface area (Å²) < 4.78 is 5.71. The van der Waals surface area contributed by atoms with E-state index in [2.05, 4.69) is 12.2 Å². The van der Waals surface area contributed by atoms with Gasteiger partial charge in [-0.05, 0) is 30.8 Å². The Labute approximate surface area is 112 Å². The number of benzene rings is 1. The minimum Gasteiger partial charge on any atom is -1.00 e. The van der Waals surface area contributed by atoms with Crippen LogP contribution in [0.2, 0.25) is 5.02 Å². The molecule has 1 N–H and O–H groups in total. The summed E-state index contributed by atoms with van der Waals surface area (Å²) in [6, 6.07) is 11.6. The fourth-order valence-electron chi connectivity index (χ4n) is 1.53. The highest BCUT2D eigenvalue weighted by Gasteiger charge is 2.07. The molecule has 0 radical (unpaired) electrons. The number of nitrogens with one attached hydrogen (secondary N) is 1. The third-order valence-corrected chi connectivity index (χ3v) is 2.68. The maximum Gasteiger partial charge on any atom is 0.135 e. The van der Waals surface area contributed by atoms with E-state index in [1.807, 2.05) is 36.4 Å². The van der Waals surface area contributed by atoms with Crippen molar-refractivity contribution in [3.8, 4) is 11.3 Å². The van der Waals surface area contributed by atoms with Gasteiger partial charge in [-0.1, -0.05) is 30.7 Å². The molecule has 0 amide bonds. The molecule has 0 bridgehead atoms. The van der Waals surface area contributed by atoms with E-state index in [9.17, 15) is 0 Å². The van der Waals surface area contributed by atoms with Crippen molar-refractivity contribution >= 4 is 11.6 Å². The van der Waals surface area contributed by atoms with Crippen LogP contribution < -0.4 is 17.7 Å². The Kier molecular flexibility index (Phi) is 5.56. The zero-order valence-electron chi connectivity index (χ0n) is 9.54. The molecular weight excluding hydrogens is 257 g/mol. The van der Waals surface area contributed by atoms with Gasteiger partial charge in [0.2, 0.25) is 0 Å². The minimum absolute atomic E-state index is 0. The molecule has 2 nitrogen and oxygen atoms in total. The Morgan fingerprint density at radius 2 is 1.94 bits per heavy atom. The standard InChI is InChI=1S/C13H14ClNO.ClH/c1-2-15-9-10-7-8-13(16-10)11-5-3-4-6-12(11)14;/h3-8,15H,2,9H2,1H3;1H/p-1.